The topological polar surface area (TPSA) is 91.5 Å². The van der Waals surface area contributed by atoms with Gasteiger partial charge in [0.05, 0.1) is 12.9 Å². The number of imidazole rings is 1. The van der Waals surface area contributed by atoms with Crippen LogP contribution in [0.1, 0.15) is 39.6 Å². The van der Waals surface area contributed by atoms with Gasteiger partial charge in [-0.2, -0.15) is 0 Å². The molecular formula is C49H42N4O4S. The lowest BCUT2D eigenvalue weighted by molar-refractivity contribution is -0.122. The van der Waals surface area contributed by atoms with E-state index in [2.05, 4.69) is 82.8 Å². The zero-order valence-corrected chi connectivity index (χ0v) is 32.7. The number of aliphatic hydroxyl groups is 1. The molecule has 8 nitrogen and oxygen atoms in total. The van der Waals surface area contributed by atoms with Crippen LogP contribution in [0.15, 0.2) is 200 Å². The second kappa shape index (κ2) is 16.5. The molecule has 1 saturated heterocycles. The summed E-state index contributed by atoms with van der Waals surface area (Å²) in [7, 11) is 0. The maximum Gasteiger partial charge on any atom is 0.166 e. The van der Waals surface area contributed by atoms with Crippen molar-refractivity contribution in [3.8, 4) is 0 Å². The number of hydrogen-bond acceptors (Lipinski definition) is 8. The Morgan fingerprint density at radius 2 is 1.00 bits per heavy atom. The van der Waals surface area contributed by atoms with E-state index in [0.717, 1.165) is 38.4 Å². The standard InChI is InChI=1S/C49H42N4O4S/c1-58-46-42-45(50-33-51-46)53(34-52-42)47-44(57-49(38-26-14-5-15-27-38,39-28-16-6-17-29-39)40-30-18-7-19-31-40)43(54)41(56-47)32-55-48(35-20-8-2-9-21-35,36-22-10-3-11-23-36)37-24-12-4-13-25-37/h2-31,33-34,41,43-44,47,54H,32H2,1H3/t41-,43-,44-,47-/m1/s1. The molecule has 8 aromatic rings. The molecule has 2 aromatic heterocycles. The van der Waals surface area contributed by atoms with Crippen LogP contribution in [0, 0.1) is 0 Å². The molecule has 288 valence electrons. The van der Waals surface area contributed by atoms with Gasteiger partial charge in [0.2, 0.25) is 0 Å². The van der Waals surface area contributed by atoms with Crippen LogP contribution in [-0.2, 0) is 25.4 Å². The second-order valence-corrected chi connectivity index (χ2v) is 15.0. The molecule has 0 saturated carbocycles. The molecule has 0 bridgehead atoms. The van der Waals surface area contributed by atoms with Crippen LogP contribution in [0.25, 0.3) is 11.2 Å². The SMILES string of the molecule is CSc1ncnc2c1ncn2[C@@H]1O[C@H](COC(c2ccccc2)(c2ccccc2)c2ccccc2)[C@@H](O)[C@H]1OC(c1ccccc1)(c1ccccc1)c1ccccc1. The second-order valence-electron chi connectivity index (χ2n) is 14.2. The summed E-state index contributed by atoms with van der Waals surface area (Å²) >= 11 is 1.49. The van der Waals surface area contributed by atoms with Crippen molar-refractivity contribution in [2.75, 3.05) is 12.9 Å². The number of aliphatic hydroxyl groups excluding tert-OH is 1. The van der Waals surface area contributed by atoms with Gasteiger partial charge in [-0.3, -0.25) is 4.57 Å². The van der Waals surface area contributed by atoms with Gasteiger partial charge in [0, 0.05) is 0 Å². The van der Waals surface area contributed by atoms with Gasteiger partial charge in [0.15, 0.2) is 11.9 Å². The predicted molar refractivity (Wildman–Crippen MR) is 226 cm³/mol. The predicted octanol–water partition coefficient (Wildman–Crippen LogP) is 9.19. The van der Waals surface area contributed by atoms with Crippen LogP contribution >= 0.6 is 11.8 Å². The molecule has 0 radical (unpaired) electrons. The molecule has 1 N–H and O–H groups in total. The van der Waals surface area contributed by atoms with Crippen molar-refractivity contribution in [1.82, 2.24) is 19.5 Å². The maximum absolute atomic E-state index is 12.8. The van der Waals surface area contributed by atoms with Gasteiger partial charge >= 0.3 is 0 Å². The lowest BCUT2D eigenvalue weighted by Gasteiger charge is -2.40. The zero-order chi connectivity index (χ0) is 39.4. The first-order valence-electron chi connectivity index (χ1n) is 19.3. The number of nitrogens with zero attached hydrogens (tertiary/aromatic N) is 4. The number of thioether (sulfide) groups is 1. The van der Waals surface area contributed by atoms with E-state index in [1.807, 2.05) is 120 Å². The quantitative estimate of drug-likeness (QED) is 0.0704. The first kappa shape index (κ1) is 37.6. The van der Waals surface area contributed by atoms with E-state index in [1.54, 1.807) is 6.33 Å². The Morgan fingerprint density at radius 1 is 0.586 bits per heavy atom. The Bertz CT molecular complexity index is 2350. The summed E-state index contributed by atoms with van der Waals surface area (Å²) in [4.78, 5) is 13.9. The van der Waals surface area contributed by atoms with Crippen LogP contribution in [0.5, 0.6) is 0 Å². The van der Waals surface area contributed by atoms with Gasteiger partial charge in [-0.05, 0) is 39.6 Å². The lowest BCUT2D eigenvalue weighted by Crippen LogP contribution is -2.45. The van der Waals surface area contributed by atoms with Crippen LogP contribution in [0.3, 0.4) is 0 Å². The fourth-order valence-corrected chi connectivity index (χ4v) is 8.77. The molecule has 0 spiro atoms. The lowest BCUT2D eigenvalue weighted by atomic mass is 9.79. The summed E-state index contributed by atoms with van der Waals surface area (Å²) in [6, 6.07) is 61.0. The van der Waals surface area contributed by atoms with Crippen molar-refractivity contribution < 1.29 is 19.3 Å². The number of benzene rings is 6. The molecule has 3 heterocycles. The van der Waals surface area contributed by atoms with Gasteiger partial charge < -0.3 is 19.3 Å². The highest BCUT2D eigenvalue weighted by atomic mass is 32.2. The van der Waals surface area contributed by atoms with Crippen molar-refractivity contribution in [2.45, 2.75) is 40.8 Å². The van der Waals surface area contributed by atoms with Crippen molar-refractivity contribution in [2.24, 2.45) is 0 Å². The third-order valence-electron chi connectivity index (χ3n) is 11.0. The van der Waals surface area contributed by atoms with E-state index in [9.17, 15) is 5.11 Å². The number of ether oxygens (including phenoxy) is 3. The van der Waals surface area contributed by atoms with Gasteiger partial charge in [-0.1, -0.05) is 182 Å². The van der Waals surface area contributed by atoms with Gasteiger partial charge in [0.1, 0.15) is 46.4 Å². The summed E-state index contributed by atoms with van der Waals surface area (Å²) in [6.07, 6.45) is 1.37. The van der Waals surface area contributed by atoms with E-state index in [0.29, 0.717) is 11.2 Å². The Morgan fingerprint density at radius 3 is 1.41 bits per heavy atom. The highest BCUT2D eigenvalue weighted by Crippen LogP contribution is 2.47. The molecule has 1 fully saturated rings. The Labute approximate surface area is 342 Å². The van der Waals surface area contributed by atoms with Crippen molar-refractivity contribution in [3.63, 3.8) is 0 Å². The van der Waals surface area contributed by atoms with E-state index >= 15 is 0 Å². The monoisotopic (exact) mass is 782 g/mol. The van der Waals surface area contributed by atoms with Gasteiger partial charge in [-0.25, -0.2) is 15.0 Å². The molecule has 0 unspecified atom stereocenters. The molecular weight excluding hydrogens is 741 g/mol. The van der Waals surface area contributed by atoms with E-state index in [1.165, 1.54) is 18.1 Å². The van der Waals surface area contributed by atoms with Gasteiger partial charge in [0.25, 0.3) is 0 Å². The largest absolute Gasteiger partial charge is 0.387 e. The molecule has 9 heteroatoms. The normalized spacial score (nSPS) is 18.4. The molecule has 6 aromatic carbocycles. The highest BCUT2D eigenvalue weighted by Gasteiger charge is 2.52. The van der Waals surface area contributed by atoms with Crippen LogP contribution < -0.4 is 0 Å². The number of rotatable bonds is 13. The van der Waals surface area contributed by atoms with E-state index in [4.69, 9.17) is 19.2 Å². The van der Waals surface area contributed by atoms with Crippen molar-refractivity contribution >= 4 is 22.9 Å². The van der Waals surface area contributed by atoms with Crippen molar-refractivity contribution in [1.29, 1.82) is 0 Å². The van der Waals surface area contributed by atoms with E-state index in [-0.39, 0.29) is 6.61 Å². The first-order valence-corrected chi connectivity index (χ1v) is 20.6. The van der Waals surface area contributed by atoms with Crippen LogP contribution in [-0.4, -0.2) is 55.8 Å². The van der Waals surface area contributed by atoms with Crippen molar-refractivity contribution in [3.05, 3.63) is 228 Å². The summed E-state index contributed by atoms with van der Waals surface area (Å²) in [5.41, 5.74) is 4.56. The third-order valence-corrected chi connectivity index (χ3v) is 11.6. The molecule has 0 aliphatic carbocycles. The zero-order valence-electron chi connectivity index (χ0n) is 31.9. The van der Waals surface area contributed by atoms with Crippen LogP contribution in [0.2, 0.25) is 0 Å². The minimum absolute atomic E-state index is 0.0168. The summed E-state index contributed by atoms with van der Waals surface area (Å²) in [6.45, 7) is 0.0168. The summed E-state index contributed by atoms with van der Waals surface area (Å²) < 4.78 is 23.8. The molecule has 1 aliphatic heterocycles. The smallest absolute Gasteiger partial charge is 0.166 e. The van der Waals surface area contributed by atoms with Crippen LogP contribution in [0.4, 0.5) is 0 Å². The number of fused-ring (bicyclic) bond motifs is 1. The minimum Gasteiger partial charge on any atom is -0.387 e. The van der Waals surface area contributed by atoms with Gasteiger partial charge in [-0.15, -0.1) is 11.8 Å². The summed E-state index contributed by atoms with van der Waals surface area (Å²) in [5, 5.41) is 13.5. The maximum atomic E-state index is 12.8. The number of hydrogen-bond donors (Lipinski definition) is 1. The molecule has 9 rings (SSSR count). The number of aromatic nitrogens is 4. The van der Waals surface area contributed by atoms with E-state index < -0.39 is 35.7 Å². The molecule has 4 atom stereocenters. The fraction of sp³-hybridized carbons (Fsp3) is 0.163. The Kier molecular flexibility index (Phi) is 10.7. The Balaban J connectivity index is 1.19. The summed E-state index contributed by atoms with van der Waals surface area (Å²) in [5.74, 6) is 0. The Hall–Kier alpha value is -5.94. The molecule has 58 heavy (non-hydrogen) atoms. The fourth-order valence-electron chi connectivity index (χ4n) is 8.28. The average molecular weight is 783 g/mol. The average Bonchev–Trinajstić information content (AvgIpc) is 3.87. The first-order chi connectivity index (χ1) is 28.6. The molecule has 0 amide bonds. The third kappa shape index (κ3) is 6.70. The molecule has 1 aliphatic rings. The minimum atomic E-state index is -1.17. The highest BCUT2D eigenvalue weighted by molar-refractivity contribution is 7.98.